The number of ether oxygens (including phenoxy) is 2. The van der Waals surface area contributed by atoms with Gasteiger partial charge in [0.15, 0.2) is 0 Å². The Morgan fingerprint density at radius 2 is 1.95 bits per heavy atom. The maximum Gasteiger partial charge on any atom is 0.324 e. The van der Waals surface area contributed by atoms with Crippen molar-refractivity contribution in [1.29, 1.82) is 0 Å². The summed E-state index contributed by atoms with van der Waals surface area (Å²) in [6, 6.07) is 9.06. The Morgan fingerprint density at radius 1 is 1.33 bits per heavy atom. The molecule has 1 rings (SSSR count). The van der Waals surface area contributed by atoms with Gasteiger partial charge in [-0.2, -0.15) is 0 Å². The number of esters is 1. The number of hydrogen-bond donors (Lipinski definition) is 1. The van der Waals surface area contributed by atoms with Crippen LogP contribution < -0.4 is 5.73 Å². The van der Waals surface area contributed by atoms with Crippen molar-refractivity contribution in [3.8, 4) is 0 Å². The van der Waals surface area contributed by atoms with Crippen LogP contribution in [0.5, 0.6) is 0 Å². The van der Waals surface area contributed by atoms with Gasteiger partial charge in [0, 0.05) is 5.92 Å². The monoisotopic (exact) mass is 291 g/mol. The average Bonchev–Trinajstić information content (AvgIpc) is 2.42. The first-order valence-electron chi connectivity index (χ1n) is 7.06. The summed E-state index contributed by atoms with van der Waals surface area (Å²) in [5.74, 6) is -0.709. The van der Waals surface area contributed by atoms with Gasteiger partial charge >= 0.3 is 5.97 Å². The summed E-state index contributed by atoms with van der Waals surface area (Å²) < 4.78 is 10.9. The van der Waals surface area contributed by atoms with E-state index in [4.69, 9.17) is 15.2 Å². The van der Waals surface area contributed by atoms with E-state index in [0.717, 1.165) is 5.56 Å². The molecule has 4 heteroatoms. The number of carbonyl (C=O) groups excluding carboxylic acids is 1. The molecule has 0 saturated carbocycles. The molecule has 0 unspecified atom stereocenters. The lowest BCUT2D eigenvalue weighted by Crippen LogP contribution is -2.43. The molecule has 0 radical (unpaired) electrons. The van der Waals surface area contributed by atoms with Gasteiger partial charge in [0.2, 0.25) is 0 Å². The SMILES string of the molecule is C=C[C@H](COCc1ccccc1)[C@H](N)C(=O)OC(C)(C)C. The fraction of sp³-hybridized carbons (Fsp3) is 0.471. The fourth-order valence-electron chi connectivity index (χ4n) is 1.75. The van der Waals surface area contributed by atoms with E-state index in [1.165, 1.54) is 0 Å². The minimum Gasteiger partial charge on any atom is -0.459 e. The van der Waals surface area contributed by atoms with E-state index >= 15 is 0 Å². The highest BCUT2D eigenvalue weighted by Gasteiger charge is 2.27. The Bertz CT molecular complexity index is 451. The predicted molar refractivity (Wildman–Crippen MR) is 83.6 cm³/mol. The number of hydrogen-bond acceptors (Lipinski definition) is 4. The molecule has 0 saturated heterocycles. The minimum absolute atomic E-state index is 0.274. The molecule has 21 heavy (non-hydrogen) atoms. The van der Waals surface area contributed by atoms with Crippen molar-refractivity contribution in [2.45, 2.75) is 39.0 Å². The Kier molecular flexibility index (Phi) is 6.59. The van der Waals surface area contributed by atoms with Gasteiger partial charge in [0.1, 0.15) is 11.6 Å². The standard InChI is InChI=1S/C17H25NO3/c1-5-14(15(18)16(19)21-17(2,3)4)12-20-11-13-9-7-6-8-10-13/h5-10,14-15H,1,11-12,18H2,2-4H3/t14-,15+/m1/s1. The van der Waals surface area contributed by atoms with E-state index in [1.807, 2.05) is 51.1 Å². The lowest BCUT2D eigenvalue weighted by molar-refractivity contribution is -0.158. The maximum atomic E-state index is 11.9. The molecule has 1 aromatic rings. The lowest BCUT2D eigenvalue weighted by Gasteiger charge is -2.25. The van der Waals surface area contributed by atoms with Gasteiger partial charge in [-0.25, -0.2) is 0 Å². The van der Waals surface area contributed by atoms with Crippen LogP contribution in [0.25, 0.3) is 0 Å². The van der Waals surface area contributed by atoms with Crippen molar-refractivity contribution < 1.29 is 14.3 Å². The Hall–Kier alpha value is -1.65. The summed E-state index contributed by atoms with van der Waals surface area (Å²) in [5.41, 5.74) is 6.46. The van der Waals surface area contributed by atoms with E-state index < -0.39 is 17.6 Å². The number of benzene rings is 1. The molecule has 1 aromatic carbocycles. The third-order valence-electron chi connectivity index (χ3n) is 2.86. The third kappa shape index (κ3) is 6.56. The van der Waals surface area contributed by atoms with Gasteiger partial charge in [0.05, 0.1) is 13.2 Å². The van der Waals surface area contributed by atoms with Gasteiger partial charge in [-0.15, -0.1) is 6.58 Å². The molecule has 0 aliphatic heterocycles. The zero-order valence-corrected chi connectivity index (χ0v) is 13.0. The minimum atomic E-state index is -0.766. The number of carbonyl (C=O) groups is 1. The topological polar surface area (TPSA) is 61.5 Å². The molecule has 0 fully saturated rings. The second-order valence-corrected chi connectivity index (χ2v) is 5.96. The molecule has 0 spiro atoms. The maximum absolute atomic E-state index is 11.9. The van der Waals surface area contributed by atoms with Crippen LogP contribution in [0.15, 0.2) is 43.0 Å². The van der Waals surface area contributed by atoms with Crippen LogP contribution in [0.2, 0.25) is 0 Å². The van der Waals surface area contributed by atoms with Gasteiger partial charge in [0.25, 0.3) is 0 Å². The van der Waals surface area contributed by atoms with Gasteiger partial charge < -0.3 is 15.2 Å². The molecule has 0 aliphatic carbocycles. The predicted octanol–water partition coefficient (Wildman–Crippen LogP) is 2.67. The first-order chi connectivity index (χ1) is 9.83. The number of rotatable bonds is 7. The normalized spacial score (nSPS) is 14.3. The molecule has 0 aliphatic rings. The van der Waals surface area contributed by atoms with Crippen LogP contribution in [0.4, 0.5) is 0 Å². The highest BCUT2D eigenvalue weighted by atomic mass is 16.6. The summed E-state index contributed by atoms with van der Waals surface area (Å²) >= 11 is 0. The Morgan fingerprint density at radius 3 is 2.48 bits per heavy atom. The van der Waals surface area contributed by atoms with Crippen LogP contribution >= 0.6 is 0 Å². The van der Waals surface area contributed by atoms with Crippen LogP contribution in [-0.4, -0.2) is 24.2 Å². The van der Waals surface area contributed by atoms with Crippen molar-refractivity contribution in [3.63, 3.8) is 0 Å². The van der Waals surface area contributed by atoms with Crippen molar-refractivity contribution in [3.05, 3.63) is 48.6 Å². The molecule has 2 atom stereocenters. The molecule has 0 heterocycles. The second kappa shape index (κ2) is 7.96. The molecule has 0 bridgehead atoms. The first kappa shape index (κ1) is 17.4. The van der Waals surface area contributed by atoms with E-state index in [1.54, 1.807) is 6.08 Å². The molecule has 116 valence electrons. The van der Waals surface area contributed by atoms with Crippen molar-refractivity contribution in [2.75, 3.05) is 6.61 Å². The van der Waals surface area contributed by atoms with Crippen LogP contribution in [0.3, 0.4) is 0 Å². The van der Waals surface area contributed by atoms with Gasteiger partial charge in [-0.05, 0) is 26.3 Å². The van der Waals surface area contributed by atoms with Crippen molar-refractivity contribution in [1.82, 2.24) is 0 Å². The van der Waals surface area contributed by atoms with Crippen LogP contribution in [0.1, 0.15) is 26.3 Å². The van der Waals surface area contributed by atoms with E-state index in [9.17, 15) is 4.79 Å². The third-order valence-corrected chi connectivity index (χ3v) is 2.86. The first-order valence-corrected chi connectivity index (χ1v) is 7.06. The molecule has 0 aromatic heterocycles. The van der Waals surface area contributed by atoms with Crippen molar-refractivity contribution >= 4 is 5.97 Å². The van der Waals surface area contributed by atoms with Crippen LogP contribution in [0, 0.1) is 5.92 Å². The molecular weight excluding hydrogens is 266 g/mol. The number of nitrogens with two attached hydrogens (primary N) is 1. The zero-order chi connectivity index (χ0) is 15.9. The largest absolute Gasteiger partial charge is 0.459 e. The molecular formula is C17H25NO3. The Balaban J connectivity index is 2.47. The van der Waals surface area contributed by atoms with Crippen molar-refractivity contribution in [2.24, 2.45) is 11.7 Å². The van der Waals surface area contributed by atoms with E-state index in [0.29, 0.717) is 13.2 Å². The summed E-state index contributed by atoms with van der Waals surface area (Å²) in [7, 11) is 0. The quantitative estimate of drug-likeness (QED) is 0.620. The van der Waals surface area contributed by atoms with E-state index in [2.05, 4.69) is 6.58 Å². The summed E-state index contributed by atoms with van der Waals surface area (Å²) in [4.78, 5) is 11.9. The fourth-order valence-corrected chi connectivity index (χ4v) is 1.75. The highest BCUT2D eigenvalue weighted by molar-refractivity contribution is 5.76. The second-order valence-electron chi connectivity index (χ2n) is 5.96. The summed E-state index contributed by atoms with van der Waals surface area (Å²) in [6.07, 6.45) is 1.64. The van der Waals surface area contributed by atoms with Gasteiger partial charge in [-0.1, -0.05) is 36.4 Å². The van der Waals surface area contributed by atoms with Crippen LogP contribution in [-0.2, 0) is 20.9 Å². The summed E-state index contributed by atoms with van der Waals surface area (Å²) in [6.45, 7) is 9.97. The molecule has 0 amide bonds. The molecule has 2 N–H and O–H groups in total. The van der Waals surface area contributed by atoms with Gasteiger partial charge in [-0.3, -0.25) is 4.79 Å². The zero-order valence-electron chi connectivity index (χ0n) is 13.0. The average molecular weight is 291 g/mol. The lowest BCUT2D eigenvalue weighted by atomic mass is 10.0. The smallest absolute Gasteiger partial charge is 0.324 e. The molecule has 4 nitrogen and oxygen atoms in total. The highest BCUT2D eigenvalue weighted by Crippen LogP contribution is 2.13. The Labute approximate surface area is 126 Å². The summed E-state index contributed by atoms with van der Waals surface area (Å²) in [5, 5.41) is 0. The van der Waals surface area contributed by atoms with E-state index in [-0.39, 0.29) is 5.92 Å².